The van der Waals surface area contributed by atoms with Crippen LogP contribution < -0.4 is 10.1 Å². The molecule has 1 amide bonds. The van der Waals surface area contributed by atoms with Crippen molar-refractivity contribution in [3.8, 4) is 11.4 Å². The maximum atomic E-state index is 12.8. The predicted octanol–water partition coefficient (Wildman–Crippen LogP) is 3.54. The zero-order chi connectivity index (χ0) is 22.4. The van der Waals surface area contributed by atoms with Gasteiger partial charge in [-0.25, -0.2) is 13.1 Å². The number of nitrogens with one attached hydrogen (secondary N) is 1. The van der Waals surface area contributed by atoms with Crippen molar-refractivity contribution in [2.24, 2.45) is 0 Å². The van der Waals surface area contributed by atoms with E-state index in [0.717, 1.165) is 0 Å². The molecule has 1 aromatic heterocycles. The molecule has 2 aromatic carbocycles. The van der Waals surface area contributed by atoms with E-state index in [0.29, 0.717) is 32.3 Å². The zero-order valence-corrected chi connectivity index (χ0v) is 19.3. The lowest BCUT2D eigenvalue weighted by molar-refractivity contribution is -0.0498. The van der Waals surface area contributed by atoms with Crippen LogP contribution in [0.25, 0.3) is 16.6 Å². The maximum absolute atomic E-state index is 12.8. The molecule has 0 unspecified atom stereocenters. The predicted molar refractivity (Wildman–Crippen MR) is 120 cm³/mol. The Kier molecular flexibility index (Phi) is 5.66. The number of benzene rings is 2. The minimum absolute atomic E-state index is 0.0157. The van der Waals surface area contributed by atoms with Crippen LogP contribution in [0.15, 0.2) is 42.5 Å². The molecule has 164 valence electrons. The summed E-state index contributed by atoms with van der Waals surface area (Å²) in [5, 5.41) is 8.01. The third-order valence-electron chi connectivity index (χ3n) is 5.10. The summed E-state index contributed by atoms with van der Waals surface area (Å²) in [6.45, 7) is -1.20. The molecule has 1 aliphatic rings. The van der Waals surface area contributed by atoms with Crippen molar-refractivity contribution < 1.29 is 26.7 Å². The van der Waals surface area contributed by atoms with Gasteiger partial charge >= 0.3 is 6.61 Å². The van der Waals surface area contributed by atoms with Crippen molar-refractivity contribution in [1.29, 1.82) is 0 Å². The highest BCUT2D eigenvalue weighted by Crippen LogP contribution is 2.28. The summed E-state index contributed by atoms with van der Waals surface area (Å²) in [5.74, 6) is -0.373. The number of sulfone groups is 1. The Labute approximate surface area is 190 Å². The van der Waals surface area contributed by atoms with Gasteiger partial charge < -0.3 is 10.1 Å². The number of hydrogen-bond donors (Lipinski definition) is 1. The van der Waals surface area contributed by atoms with Crippen LogP contribution in [0.1, 0.15) is 23.7 Å². The first-order valence-corrected chi connectivity index (χ1v) is 12.2. The zero-order valence-electron chi connectivity index (χ0n) is 16.3. The molecule has 3 aromatic rings. The molecule has 0 saturated carbocycles. The second-order valence-electron chi connectivity index (χ2n) is 7.67. The fraction of sp³-hybridized carbons (Fsp3) is 0.300. The maximum Gasteiger partial charge on any atom is 0.387 e. The summed E-state index contributed by atoms with van der Waals surface area (Å²) < 4.78 is 55.3. The second kappa shape index (κ2) is 8.01. The Morgan fingerprint density at radius 3 is 2.74 bits per heavy atom. The first-order chi connectivity index (χ1) is 14.6. The largest absolute Gasteiger partial charge is 0.435 e. The number of carbonyl (C=O) groups excluding carboxylic acids is 1. The summed E-state index contributed by atoms with van der Waals surface area (Å²) in [5.41, 5.74) is 0.801. The van der Waals surface area contributed by atoms with Crippen LogP contribution in [-0.4, -0.2) is 47.8 Å². The van der Waals surface area contributed by atoms with E-state index in [1.807, 2.05) is 22.6 Å². The van der Waals surface area contributed by atoms with Crippen LogP contribution in [0, 0.1) is 3.70 Å². The van der Waals surface area contributed by atoms with Gasteiger partial charge in [-0.15, -0.1) is 0 Å². The number of alkyl halides is 2. The molecule has 1 fully saturated rings. The minimum Gasteiger partial charge on any atom is -0.435 e. The van der Waals surface area contributed by atoms with Gasteiger partial charge in [-0.3, -0.25) is 4.79 Å². The Morgan fingerprint density at radius 1 is 1.29 bits per heavy atom. The quantitative estimate of drug-likeness (QED) is 0.482. The van der Waals surface area contributed by atoms with Gasteiger partial charge in [-0.1, -0.05) is 6.07 Å². The monoisotopic (exact) mass is 561 g/mol. The molecule has 1 N–H and O–H groups in total. The summed E-state index contributed by atoms with van der Waals surface area (Å²) in [6.07, 6.45) is 0.371. The van der Waals surface area contributed by atoms with E-state index in [4.69, 9.17) is 0 Å². The van der Waals surface area contributed by atoms with Crippen molar-refractivity contribution >= 4 is 49.2 Å². The lowest BCUT2D eigenvalue weighted by Gasteiger charge is -2.23. The van der Waals surface area contributed by atoms with E-state index >= 15 is 0 Å². The van der Waals surface area contributed by atoms with Gasteiger partial charge in [0.1, 0.15) is 9.45 Å². The average Bonchev–Trinajstić information content (AvgIpc) is 3.16. The highest BCUT2D eigenvalue weighted by atomic mass is 127. The normalized spacial score (nSPS) is 20.3. The van der Waals surface area contributed by atoms with Gasteiger partial charge in [0.05, 0.1) is 28.2 Å². The van der Waals surface area contributed by atoms with E-state index in [1.165, 1.54) is 12.1 Å². The highest BCUT2D eigenvalue weighted by Gasteiger charge is 2.39. The third kappa shape index (κ3) is 4.66. The smallest absolute Gasteiger partial charge is 0.387 e. The number of amides is 1. The fourth-order valence-corrected chi connectivity index (χ4v) is 6.41. The van der Waals surface area contributed by atoms with Gasteiger partial charge in [0.2, 0.25) is 0 Å². The average molecular weight is 561 g/mol. The summed E-state index contributed by atoms with van der Waals surface area (Å²) in [4.78, 5) is 12.8. The lowest BCUT2D eigenvalue weighted by atomic mass is 10.0. The van der Waals surface area contributed by atoms with E-state index in [1.54, 1.807) is 41.9 Å². The molecule has 1 saturated heterocycles. The van der Waals surface area contributed by atoms with Gasteiger partial charge in [-0.2, -0.15) is 13.9 Å². The number of halogens is 3. The van der Waals surface area contributed by atoms with E-state index in [-0.39, 0.29) is 23.2 Å². The van der Waals surface area contributed by atoms with Gasteiger partial charge in [0.25, 0.3) is 5.91 Å². The standard InChI is InChI=1S/C20H18F2IN3O4S/c1-20(7-8-31(28,29)11-20)24-18(27)12-5-6-16-15(9-12)17(23)25-26(16)13-3-2-4-14(10-13)30-19(21)22/h2-6,9-10,19H,7-8,11H2,1H3,(H,24,27)/t20-/m0/s1. The summed E-state index contributed by atoms with van der Waals surface area (Å²) >= 11 is 2.04. The van der Waals surface area contributed by atoms with Crippen molar-refractivity contribution in [3.63, 3.8) is 0 Å². The number of fused-ring (bicyclic) bond motifs is 1. The van der Waals surface area contributed by atoms with Crippen LogP contribution >= 0.6 is 22.6 Å². The van der Waals surface area contributed by atoms with Crippen LogP contribution in [0.3, 0.4) is 0 Å². The topological polar surface area (TPSA) is 90.3 Å². The van der Waals surface area contributed by atoms with E-state index in [9.17, 15) is 22.0 Å². The molecule has 0 bridgehead atoms. The first-order valence-electron chi connectivity index (χ1n) is 9.32. The fourth-order valence-electron chi connectivity index (χ4n) is 3.67. The van der Waals surface area contributed by atoms with Crippen LogP contribution in [0.4, 0.5) is 8.78 Å². The Hall–Kier alpha value is -2.28. The highest BCUT2D eigenvalue weighted by molar-refractivity contribution is 14.1. The van der Waals surface area contributed by atoms with Crippen LogP contribution in [0.5, 0.6) is 5.75 Å². The van der Waals surface area contributed by atoms with Crippen molar-refractivity contribution in [3.05, 3.63) is 51.7 Å². The van der Waals surface area contributed by atoms with Gasteiger partial charge in [-0.05, 0) is 66.3 Å². The molecule has 2 heterocycles. The lowest BCUT2D eigenvalue weighted by Crippen LogP contribution is -2.46. The second-order valence-corrected chi connectivity index (χ2v) is 10.9. The molecule has 0 radical (unpaired) electrons. The first kappa shape index (κ1) is 21.9. The molecule has 7 nitrogen and oxygen atoms in total. The Morgan fingerprint density at radius 2 is 2.06 bits per heavy atom. The Balaban J connectivity index is 1.64. The van der Waals surface area contributed by atoms with Gasteiger partial charge in [0, 0.05) is 17.0 Å². The SMILES string of the molecule is C[C@]1(NC(=O)c2ccc3c(c2)c(I)nn3-c2cccc(OC(F)F)c2)CCS(=O)(=O)C1. The van der Waals surface area contributed by atoms with E-state index in [2.05, 4.69) is 15.2 Å². The van der Waals surface area contributed by atoms with Crippen molar-refractivity contribution in [2.45, 2.75) is 25.5 Å². The van der Waals surface area contributed by atoms with Crippen LogP contribution in [0.2, 0.25) is 0 Å². The number of carbonyl (C=O) groups is 1. The molecule has 1 atom stereocenters. The van der Waals surface area contributed by atoms with Gasteiger partial charge in [0.15, 0.2) is 9.84 Å². The molecule has 0 spiro atoms. The Bertz CT molecular complexity index is 1280. The molecule has 4 rings (SSSR count). The van der Waals surface area contributed by atoms with Crippen molar-refractivity contribution in [2.75, 3.05) is 11.5 Å². The summed E-state index contributed by atoms with van der Waals surface area (Å²) in [6, 6.07) is 11.2. The number of rotatable bonds is 5. The molecular formula is C20H18F2IN3O4S. The number of hydrogen-bond acceptors (Lipinski definition) is 5. The summed E-state index contributed by atoms with van der Waals surface area (Å²) in [7, 11) is -3.15. The molecule has 1 aliphatic heterocycles. The molecule has 0 aliphatic carbocycles. The van der Waals surface area contributed by atoms with E-state index < -0.39 is 22.0 Å². The molecule has 31 heavy (non-hydrogen) atoms. The third-order valence-corrected chi connectivity index (χ3v) is 7.80. The minimum atomic E-state index is -3.15. The number of nitrogens with zero attached hydrogens (tertiary/aromatic N) is 2. The number of aromatic nitrogens is 2. The van der Waals surface area contributed by atoms with Crippen LogP contribution in [-0.2, 0) is 9.84 Å². The van der Waals surface area contributed by atoms with Crippen molar-refractivity contribution in [1.82, 2.24) is 15.1 Å². The molecular weight excluding hydrogens is 543 g/mol. The number of ether oxygens (including phenoxy) is 1. The molecule has 11 heteroatoms.